The Morgan fingerprint density at radius 2 is 1.96 bits per heavy atom. The first-order valence-corrected chi connectivity index (χ1v) is 9.66. The third kappa shape index (κ3) is 9.09. The summed E-state index contributed by atoms with van der Waals surface area (Å²) >= 11 is 0. The summed E-state index contributed by atoms with van der Waals surface area (Å²) in [5.74, 6) is 0.653. The van der Waals surface area contributed by atoms with E-state index in [1.807, 2.05) is 18.2 Å². The van der Waals surface area contributed by atoms with Crippen molar-refractivity contribution in [3.05, 3.63) is 30.3 Å². The zero-order valence-electron chi connectivity index (χ0n) is 17.2. The number of likely N-dealkylation sites (N-methyl/N-ethyl adjacent to an activating group) is 1. The third-order valence-corrected chi connectivity index (χ3v) is 4.55. The lowest BCUT2D eigenvalue weighted by molar-refractivity contribution is -0.127. The molecule has 0 aromatic heterocycles. The minimum absolute atomic E-state index is 0. The van der Waals surface area contributed by atoms with Gasteiger partial charge in [0, 0.05) is 53.1 Å². The van der Waals surface area contributed by atoms with Gasteiger partial charge in [-0.3, -0.25) is 4.79 Å². The second-order valence-electron chi connectivity index (χ2n) is 7.01. The molecule has 1 unspecified atom stereocenters. The smallest absolute Gasteiger partial charge is 0.243 e. The van der Waals surface area contributed by atoms with Gasteiger partial charge in [0.05, 0.1) is 6.10 Å². The van der Waals surface area contributed by atoms with E-state index in [2.05, 4.69) is 39.7 Å². The van der Waals surface area contributed by atoms with Gasteiger partial charge in [-0.05, 0) is 31.4 Å². The Labute approximate surface area is 185 Å². The van der Waals surface area contributed by atoms with Gasteiger partial charge in [0.1, 0.15) is 6.54 Å². The lowest BCUT2D eigenvalue weighted by atomic mass is 10.2. The number of para-hydroxylation sites is 1. The summed E-state index contributed by atoms with van der Waals surface area (Å²) in [4.78, 5) is 20.0. The maximum atomic E-state index is 11.8. The number of nitrogens with zero attached hydrogens (tertiary/aromatic N) is 3. The lowest BCUT2D eigenvalue weighted by Gasteiger charge is -2.20. The van der Waals surface area contributed by atoms with Crippen molar-refractivity contribution in [2.45, 2.75) is 25.4 Å². The third-order valence-electron chi connectivity index (χ3n) is 4.55. The first-order valence-electron chi connectivity index (χ1n) is 9.66. The van der Waals surface area contributed by atoms with Crippen molar-refractivity contribution in [1.29, 1.82) is 0 Å². The number of hydrogen-bond donors (Lipinski definition) is 2. The fraction of sp³-hybridized carbons (Fsp3) is 0.600. The Kier molecular flexibility index (Phi) is 11.9. The largest absolute Gasteiger partial charge is 0.376 e. The molecule has 0 bridgehead atoms. The molecule has 28 heavy (non-hydrogen) atoms. The molecular formula is C20H34IN5O2. The number of ether oxygens (including phenoxy) is 1. The number of carbonyl (C=O) groups excluding carboxylic acids is 1. The number of rotatable bonds is 9. The van der Waals surface area contributed by atoms with Crippen LogP contribution in [-0.4, -0.2) is 76.8 Å². The molecule has 1 atom stereocenters. The van der Waals surface area contributed by atoms with Crippen LogP contribution in [0.2, 0.25) is 0 Å². The van der Waals surface area contributed by atoms with Gasteiger partial charge in [0.15, 0.2) is 5.96 Å². The summed E-state index contributed by atoms with van der Waals surface area (Å²) in [6, 6.07) is 10.3. The van der Waals surface area contributed by atoms with Crippen molar-refractivity contribution in [2.24, 2.45) is 4.99 Å². The molecule has 0 spiro atoms. The fourth-order valence-corrected chi connectivity index (χ4v) is 2.81. The topological polar surface area (TPSA) is 69.2 Å². The fourth-order valence-electron chi connectivity index (χ4n) is 2.81. The number of halogens is 1. The van der Waals surface area contributed by atoms with Gasteiger partial charge in [0.25, 0.3) is 0 Å². The van der Waals surface area contributed by atoms with Gasteiger partial charge in [-0.1, -0.05) is 18.2 Å². The average molecular weight is 503 g/mol. The highest BCUT2D eigenvalue weighted by Crippen LogP contribution is 2.11. The molecule has 1 aromatic rings. The molecule has 1 aliphatic heterocycles. The second-order valence-corrected chi connectivity index (χ2v) is 7.01. The molecule has 1 amide bonds. The zero-order valence-corrected chi connectivity index (χ0v) is 19.5. The van der Waals surface area contributed by atoms with Crippen LogP contribution < -0.4 is 15.5 Å². The van der Waals surface area contributed by atoms with Crippen LogP contribution in [0.25, 0.3) is 0 Å². The molecule has 1 aromatic carbocycles. The normalized spacial score (nSPS) is 16.2. The van der Waals surface area contributed by atoms with E-state index in [0.29, 0.717) is 12.5 Å². The summed E-state index contributed by atoms with van der Waals surface area (Å²) < 4.78 is 5.65. The Hall–Kier alpha value is -1.55. The molecule has 8 heteroatoms. The van der Waals surface area contributed by atoms with Gasteiger partial charge in [0.2, 0.25) is 5.91 Å². The Morgan fingerprint density at radius 3 is 2.61 bits per heavy atom. The van der Waals surface area contributed by atoms with Crippen LogP contribution in [0.15, 0.2) is 35.3 Å². The predicted octanol–water partition coefficient (Wildman–Crippen LogP) is 1.93. The highest BCUT2D eigenvalue weighted by molar-refractivity contribution is 14.0. The van der Waals surface area contributed by atoms with Crippen LogP contribution >= 0.6 is 24.0 Å². The SMILES string of the molecule is CN(C)C(=O)CN=C(NCCCN(C)c1ccccc1)NCC1CCCO1.I. The number of nitrogens with one attached hydrogen (secondary N) is 2. The van der Waals surface area contributed by atoms with E-state index >= 15 is 0 Å². The van der Waals surface area contributed by atoms with E-state index in [1.54, 1.807) is 19.0 Å². The molecule has 2 rings (SSSR count). The number of anilines is 1. The average Bonchev–Trinajstić information content (AvgIpc) is 3.20. The number of amides is 1. The van der Waals surface area contributed by atoms with Crippen molar-refractivity contribution in [1.82, 2.24) is 15.5 Å². The molecule has 0 saturated carbocycles. The monoisotopic (exact) mass is 503 g/mol. The van der Waals surface area contributed by atoms with Crippen molar-refractivity contribution < 1.29 is 9.53 Å². The molecule has 1 fully saturated rings. The first-order chi connectivity index (χ1) is 13.1. The molecule has 7 nitrogen and oxygen atoms in total. The number of hydrogen-bond acceptors (Lipinski definition) is 4. The van der Waals surface area contributed by atoms with E-state index in [9.17, 15) is 4.79 Å². The highest BCUT2D eigenvalue weighted by Gasteiger charge is 2.15. The van der Waals surface area contributed by atoms with E-state index in [0.717, 1.165) is 39.0 Å². The molecule has 1 heterocycles. The maximum absolute atomic E-state index is 11.8. The number of aliphatic imine (C=N–C) groups is 1. The van der Waals surface area contributed by atoms with Crippen molar-refractivity contribution >= 4 is 41.5 Å². The van der Waals surface area contributed by atoms with Crippen LogP contribution in [0.3, 0.4) is 0 Å². The summed E-state index contributed by atoms with van der Waals surface area (Å²) in [5.41, 5.74) is 1.21. The molecule has 0 radical (unpaired) electrons. The Balaban J connectivity index is 0.00000392. The molecule has 158 valence electrons. The minimum atomic E-state index is -0.0166. The van der Waals surface area contributed by atoms with Crippen LogP contribution in [0.1, 0.15) is 19.3 Å². The minimum Gasteiger partial charge on any atom is -0.376 e. The van der Waals surface area contributed by atoms with Crippen LogP contribution in [-0.2, 0) is 9.53 Å². The van der Waals surface area contributed by atoms with E-state index in [4.69, 9.17) is 4.74 Å². The van der Waals surface area contributed by atoms with Crippen LogP contribution in [0.5, 0.6) is 0 Å². The zero-order chi connectivity index (χ0) is 19.5. The molecule has 1 aliphatic rings. The van der Waals surface area contributed by atoms with Gasteiger partial charge in [-0.2, -0.15) is 0 Å². The van der Waals surface area contributed by atoms with Crippen LogP contribution in [0, 0.1) is 0 Å². The first kappa shape index (κ1) is 24.5. The van der Waals surface area contributed by atoms with Gasteiger partial charge < -0.3 is 25.2 Å². The lowest BCUT2D eigenvalue weighted by Crippen LogP contribution is -2.42. The summed E-state index contributed by atoms with van der Waals surface area (Å²) in [6.07, 6.45) is 3.37. The van der Waals surface area contributed by atoms with E-state index in [1.165, 1.54) is 5.69 Å². The predicted molar refractivity (Wildman–Crippen MR) is 126 cm³/mol. The van der Waals surface area contributed by atoms with Crippen LogP contribution in [0.4, 0.5) is 5.69 Å². The summed E-state index contributed by atoms with van der Waals surface area (Å²) in [7, 11) is 5.57. The summed E-state index contributed by atoms with van der Waals surface area (Å²) in [6.45, 7) is 3.40. The summed E-state index contributed by atoms with van der Waals surface area (Å²) in [5, 5.41) is 6.64. The van der Waals surface area contributed by atoms with E-state index < -0.39 is 0 Å². The van der Waals surface area contributed by atoms with Gasteiger partial charge in [-0.25, -0.2) is 4.99 Å². The Morgan fingerprint density at radius 1 is 1.21 bits per heavy atom. The molecule has 1 saturated heterocycles. The highest BCUT2D eigenvalue weighted by atomic mass is 127. The second kappa shape index (κ2) is 13.6. The van der Waals surface area contributed by atoms with Crippen molar-refractivity contribution in [3.8, 4) is 0 Å². The Bertz CT molecular complexity index is 592. The quantitative estimate of drug-likeness (QED) is 0.233. The number of carbonyl (C=O) groups is 1. The van der Waals surface area contributed by atoms with Gasteiger partial charge >= 0.3 is 0 Å². The number of benzene rings is 1. The van der Waals surface area contributed by atoms with E-state index in [-0.39, 0.29) is 42.5 Å². The number of guanidine groups is 1. The maximum Gasteiger partial charge on any atom is 0.243 e. The molecule has 2 N–H and O–H groups in total. The van der Waals surface area contributed by atoms with Crippen molar-refractivity contribution in [3.63, 3.8) is 0 Å². The van der Waals surface area contributed by atoms with Gasteiger partial charge in [-0.15, -0.1) is 24.0 Å². The molecule has 0 aliphatic carbocycles. The molecular weight excluding hydrogens is 469 g/mol. The van der Waals surface area contributed by atoms with Crippen molar-refractivity contribution in [2.75, 3.05) is 58.8 Å². The standard InChI is InChI=1S/C20H33N5O2.HI/c1-24(2)19(26)16-23-20(22-15-18-11-7-14-27-18)21-12-8-13-25(3)17-9-5-4-6-10-17;/h4-6,9-10,18H,7-8,11-16H2,1-3H3,(H2,21,22,23);1H.